The fourth-order valence-electron chi connectivity index (χ4n) is 3.21. The Morgan fingerprint density at radius 1 is 1.21 bits per heavy atom. The van der Waals surface area contributed by atoms with E-state index in [0.29, 0.717) is 19.1 Å². The van der Waals surface area contributed by atoms with Crippen LogP contribution in [0.25, 0.3) is 0 Å². The van der Waals surface area contributed by atoms with Crippen molar-refractivity contribution in [2.75, 3.05) is 31.6 Å². The summed E-state index contributed by atoms with van der Waals surface area (Å²) in [4.78, 5) is 14.4. The summed E-state index contributed by atoms with van der Waals surface area (Å²) >= 11 is 0. The van der Waals surface area contributed by atoms with Crippen LogP contribution in [0, 0.1) is 17.6 Å². The second kappa shape index (κ2) is 7.55. The second-order valence-corrected chi connectivity index (χ2v) is 6.28. The number of likely N-dealkylation sites (tertiary alicyclic amines) is 1. The Bertz CT molecular complexity index is 585. The van der Waals surface area contributed by atoms with Crippen molar-refractivity contribution < 1.29 is 23.0 Å². The molecular weight excluding hydrogens is 318 g/mol. The number of rotatable bonds is 4. The van der Waals surface area contributed by atoms with Crippen molar-refractivity contribution in [2.24, 2.45) is 5.92 Å². The zero-order chi connectivity index (χ0) is 17.1. The molecule has 2 fully saturated rings. The van der Waals surface area contributed by atoms with Gasteiger partial charge in [0.15, 0.2) is 17.9 Å². The van der Waals surface area contributed by atoms with E-state index in [0.717, 1.165) is 38.1 Å². The molecule has 0 spiro atoms. The lowest BCUT2D eigenvalue weighted by Gasteiger charge is -2.36. The van der Waals surface area contributed by atoms with Crippen molar-refractivity contribution >= 4 is 11.6 Å². The van der Waals surface area contributed by atoms with E-state index >= 15 is 0 Å². The Hall–Kier alpha value is -1.57. The lowest BCUT2D eigenvalue weighted by atomic mass is 9.95. The third kappa shape index (κ3) is 3.91. The lowest BCUT2D eigenvalue weighted by molar-refractivity contribution is -0.123. The van der Waals surface area contributed by atoms with E-state index in [4.69, 9.17) is 9.47 Å². The van der Waals surface area contributed by atoms with Gasteiger partial charge in [0.05, 0.1) is 19.3 Å². The molecule has 132 valence electrons. The number of amides is 1. The Balaban J connectivity index is 1.51. The topological polar surface area (TPSA) is 50.8 Å². The van der Waals surface area contributed by atoms with Crippen molar-refractivity contribution in [1.29, 1.82) is 0 Å². The van der Waals surface area contributed by atoms with Gasteiger partial charge in [-0.15, -0.1) is 0 Å². The van der Waals surface area contributed by atoms with Gasteiger partial charge in [-0.25, -0.2) is 8.78 Å². The van der Waals surface area contributed by atoms with Crippen LogP contribution in [-0.2, 0) is 14.3 Å². The van der Waals surface area contributed by atoms with Crippen molar-refractivity contribution in [3.05, 3.63) is 29.8 Å². The molecule has 0 radical (unpaired) electrons. The van der Waals surface area contributed by atoms with Crippen molar-refractivity contribution in [3.63, 3.8) is 0 Å². The highest BCUT2D eigenvalue weighted by atomic mass is 19.2. The highest BCUT2D eigenvalue weighted by Gasteiger charge is 2.33. The minimum Gasteiger partial charge on any atom is -0.350 e. The molecule has 1 aromatic rings. The summed E-state index contributed by atoms with van der Waals surface area (Å²) in [7, 11) is 0. The Morgan fingerprint density at radius 2 is 1.88 bits per heavy atom. The predicted octanol–water partition coefficient (Wildman–Crippen LogP) is 2.38. The third-order valence-corrected chi connectivity index (χ3v) is 4.72. The van der Waals surface area contributed by atoms with Crippen molar-refractivity contribution in [2.45, 2.75) is 32.1 Å². The summed E-state index contributed by atoms with van der Waals surface area (Å²) in [6, 6.07) is 3.00. The number of halogens is 2. The van der Waals surface area contributed by atoms with Gasteiger partial charge >= 0.3 is 0 Å². The molecule has 1 unspecified atom stereocenters. The van der Waals surface area contributed by atoms with E-state index in [2.05, 4.69) is 10.2 Å². The molecule has 1 N–H and O–H groups in total. The van der Waals surface area contributed by atoms with Crippen LogP contribution in [0.4, 0.5) is 14.5 Å². The molecule has 0 aliphatic carbocycles. The number of carbonyl (C=O) groups is 1. The summed E-state index contributed by atoms with van der Waals surface area (Å²) < 4.78 is 37.2. The molecule has 0 saturated carbocycles. The fraction of sp³-hybridized carbons (Fsp3) is 0.588. The zero-order valence-corrected chi connectivity index (χ0v) is 13.6. The third-order valence-electron chi connectivity index (χ3n) is 4.72. The number of ether oxygens (including phenoxy) is 2. The van der Waals surface area contributed by atoms with Crippen LogP contribution in [0.2, 0.25) is 0 Å². The SMILES string of the molecule is CC(C(=O)Nc1ccc(F)c(F)c1)N1CCC(C2OCCO2)CC1. The van der Waals surface area contributed by atoms with Crippen LogP contribution < -0.4 is 5.32 Å². The second-order valence-electron chi connectivity index (χ2n) is 6.28. The number of anilines is 1. The largest absolute Gasteiger partial charge is 0.350 e. The maximum atomic E-state index is 13.2. The fourth-order valence-corrected chi connectivity index (χ4v) is 3.21. The molecule has 3 rings (SSSR count). The van der Waals surface area contributed by atoms with E-state index in [-0.39, 0.29) is 23.9 Å². The molecule has 7 heteroatoms. The summed E-state index contributed by atoms with van der Waals surface area (Å²) in [6.45, 7) is 4.68. The minimum absolute atomic E-state index is 0.113. The van der Waals surface area contributed by atoms with Crippen LogP contribution in [-0.4, -0.2) is 49.4 Å². The number of nitrogens with one attached hydrogen (secondary N) is 1. The number of hydrogen-bond donors (Lipinski definition) is 1. The van der Waals surface area contributed by atoms with Gasteiger partial charge < -0.3 is 14.8 Å². The van der Waals surface area contributed by atoms with E-state index < -0.39 is 11.6 Å². The monoisotopic (exact) mass is 340 g/mol. The van der Waals surface area contributed by atoms with Crippen molar-refractivity contribution in [3.8, 4) is 0 Å². The normalized spacial score (nSPS) is 21.8. The molecule has 2 aliphatic rings. The number of hydrogen-bond acceptors (Lipinski definition) is 4. The standard InChI is InChI=1S/C17H22F2N2O3/c1-11(16(22)20-13-2-3-14(18)15(19)10-13)21-6-4-12(5-7-21)17-23-8-9-24-17/h2-3,10-12,17H,4-9H2,1H3,(H,20,22). The summed E-state index contributed by atoms with van der Waals surface area (Å²) in [5.74, 6) is -1.77. The van der Waals surface area contributed by atoms with Gasteiger partial charge in [0.2, 0.25) is 5.91 Å². The number of benzene rings is 1. The molecule has 24 heavy (non-hydrogen) atoms. The Labute approximate surface area is 139 Å². The van der Waals surface area contributed by atoms with Gasteiger partial charge in [-0.2, -0.15) is 0 Å². The number of piperidine rings is 1. The Kier molecular flexibility index (Phi) is 5.43. The van der Waals surface area contributed by atoms with Crippen LogP contribution in [0.15, 0.2) is 18.2 Å². The first-order chi connectivity index (χ1) is 11.5. The van der Waals surface area contributed by atoms with Crippen molar-refractivity contribution in [1.82, 2.24) is 4.90 Å². The van der Waals surface area contributed by atoms with E-state index in [1.54, 1.807) is 0 Å². The highest BCUT2D eigenvalue weighted by molar-refractivity contribution is 5.94. The molecule has 2 saturated heterocycles. The summed E-state index contributed by atoms with van der Waals surface area (Å²) in [5, 5.41) is 2.64. The molecule has 1 atom stereocenters. The molecule has 1 aromatic carbocycles. The van der Waals surface area contributed by atoms with Gasteiger partial charge in [-0.3, -0.25) is 9.69 Å². The van der Waals surface area contributed by atoms with Crippen LogP contribution in [0.1, 0.15) is 19.8 Å². The van der Waals surface area contributed by atoms with E-state index in [1.807, 2.05) is 6.92 Å². The Morgan fingerprint density at radius 3 is 2.50 bits per heavy atom. The van der Waals surface area contributed by atoms with Gasteiger partial charge in [0.1, 0.15) is 0 Å². The molecule has 1 amide bonds. The molecule has 0 bridgehead atoms. The van der Waals surface area contributed by atoms with Gasteiger partial charge in [-0.05, 0) is 45.0 Å². The number of carbonyl (C=O) groups excluding carboxylic acids is 1. The van der Waals surface area contributed by atoms with Gasteiger partial charge in [0.25, 0.3) is 0 Å². The highest BCUT2D eigenvalue weighted by Crippen LogP contribution is 2.27. The zero-order valence-electron chi connectivity index (χ0n) is 13.6. The smallest absolute Gasteiger partial charge is 0.241 e. The minimum atomic E-state index is -0.974. The average molecular weight is 340 g/mol. The molecule has 2 aliphatic heterocycles. The lowest BCUT2D eigenvalue weighted by Crippen LogP contribution is -2.47. The maximum absolute atomic E-state index is 13.2. The molecule has 5 nitrogen and oxygen atoms in total. The van der Waals surface area contributed by atoms with Gasteiger partial charge in [0, 0.05) is 17.7 Å². The molecular formula is C17H22F2N2O3. The summed E-state index contributed by atoms with van der Waals surface area (Å²) in [5.41, 5.74) is 0.258. The predicted molar refractivity (Wildman–Crippen MR) is 84.4 cm³/mol. The van der Waals surface area contributed by atoms with Gasteiger partial charge in [-0.1, -0.05) is 0 Å². The first-order valence-corrected chi connectivity index (χ1v) is 8.28. The number of nitrogens with zero attached hydrogens (tertiary/aromatic N) is 1. The van der Waals surface area contributed by atoms with Crippen LogP contribution in [0.5, 0.6) is 0 Å². The molecule has 0 aromatic heterocycles. The quantitative estimate of drug-likeness (QED) is 0.914. The van der Waals surface area contributed by atoms with E-state index in [9.17, 15) is 13.6 Å². The van der Waals surface area contributed by atoms with Crippen LogP contribution in [0.3, 0.4) is 0 Å². The first kappa shape index (κ1) is 17.3. The summed E-state index contributed by atoms with van der Waals surface area (Å²) in [6.07, 6.45) is 1.71. The van der Waals surface area contributed by atoms with E-state index in [1.165, 1.54) is 6.07 Å². The molecule has 2 heterocycles. The first-order valence-electron chi connectivity index (χ1n) is 8.28. The van der Waals surface area contributed by atoms with Crippen LogP contribution >= 0.6 is 0 Å². The average Bonchev–Trinajstić information content (AvgIpc) is 3.12. The maximum Gasteiger partial charge on any atom is 0.241 e.